The van der Waals surface area contributed by atoms with Gasteiger partial charge in [0.1, 0.15) is 6.33 Å². The molecule has 3 rings (SSSR count). The molecule has 0 fully saturated rings. The van der Waals surface area contributed by atoms with Crippen LogP contribution in [-0.4, -0.2) is 25.3 Å². The van der Waals surface area contributed by atoms with E-state index < -0.39 is 0 Å². The van der Waals surface area contributed by atoms with Crippen molar-refractivity contribution in [3.05, 3.63) is 46.6 Å². The van der Waals surface area contributed by atoms with Gasteiger partial charge in [0.05, 0.1) is 6.04 Å². The normalized spacial score (nSPS) is 12.7. The van der Waals surface area contributed by atoms with E-state index in [4.69, 9.17) is 16.1 Å². The Balaban J connectivity index is 1.74. The van der Waals surface area contributed by atoms with E-state index in [1.165, 1.54) is 6.33 Å². The number of rotatable bonds is 6. The number of halogens is 1. The summed E-state index contributed by atoms with van der Waals surface area (Å²) in [5.41, 5.74) is 2.21. The summed E-state index contributed by atoms with van der Waals surface area (Å²) in [6.45, 7) is 6.88. The molecule has 0 radical (unpaired) electrons. The van der Waals surface area contributed by atoms with Crippen molar-refractivity contribution in [2.45, 2.75) is 33.4 Å². The minimum Gasteiger partial charge on any atom is -0.337 e. The van der Waals surface area contributed by atoms with Crippen LogP contribution in [0.3, 0.4) is 0 Å². The zero-order valence-corrected chi connectivity index (χ0v) is 14.5. The lowest BCUT2D eigenvalue weighted by molar-refractivity contribution is 0.288. The number of hydrogen-bond donors (Lipinski definition) is 2. The van der Waals surface area contributed by atoms with Crippen LogP contribution in [0.25, 0.3) is 11.6 Å². The SMILES string of the molecule is Cc1cc(CN[C@@H](c2nc(-c3ncn[nH]3)no2)C(C)C)ccc1Cl. The molecule has 24 heavy (non-hydrogen) atoms. The molecule has 0 saturated heterocycles. The van der Waals surface area contributed by atoms with Crippen LogP contribution in [-0.2, 0) is 6.54 Å². The third-order valence-electron chi connectivity index (χ3n) is 3.75. The Hall–Kier alpha value is -2.25. The van der Waals surface area contributed by atoms with Gasteiger partial charge in [0.2, 0.25) is 11.7 Å². The van der Waals surface area contributed by atoms with E-state index in [1.807, 2.05) is 19.1 Å². The molecule has 8 heteroatoms. The number of benzene rings is 1. The Morgan fingerprint density at radius 1 is 1.33 bits per heavy atom. The molecule has 2 aromatic heterocycles. The minimum absolute atomic E-state index is 0.0647. The average molecular weight is 347 g/mol. The Morgan fingerprint density at radius 2 is 2.17 bits per heavy atom. The van der Waals surface area contributed by atoms with Crippen molar-refractivity contribution in [3.63, 3.8) is 0 Å². The summed E-state index contributed by atoms with van der Waals surface area (Å²) in [5, 5.41) is 14.7. The maximum absolute atomic E-state index is 6.07. The van der Waals surface area contributed by atoms with Gasteiger partial charge in [0.25, 0.3) is 0 Å². The summed E-state index contributed by atoms with van der Waals surface area (Å²) < 4.78 is 5.41. The van der Waals surface area contributed by atoms with Gasteiger partial charge in [0, 0.05) is 11.6 Å². The van der Waals surface area contributed by atoms with Crippen molar-refractivity contribution in [1.29, 1.82) is 0 Å². The van der Waals surface area contributed by atoms with Crippen LogP contribution in [0.1, 0.15) is 36.9 Å². The second-order valence-corrected chi connectivity index (χ2v) is 6.38. The molecule has 126 valence electrons. The number of H-pyrrole nitrogens is 1. The molecule has 7 nitrogen and oxygen atoms in total. The molecule has 2 N–H and O–H groups in total. The predicted molar refractivity (Wildman–Crippen MR) is 90.3 cm³/mol. The van der Waals surface area contributed by atoms with Crippen LogP contribution in [0, 0.1) is 12.8 Å². The van der Waals surface area contributed by atoms with Crippen molar-refractivity contribution < 1.29 is 4.52 Å². The predicted octanol–water partition coefficient (Wildman–Crippen LogP) is 3.30. The van der Waals surface area contributed by atoms with E-state index in [0.29, 0.717) is 24.1 Å². The molecule has 0 saturated carbocycles. The highest BCUT2D eigenvalue weighted by atomic mass is 35.5. The van der Waals surface area contributed by atoms with E-state index in [9.17, 15) is 0 Å². The van der Waals surface area contributed by atoms with Gasteiger partial charge in [-0.2, -0.15) is 10.1 Å². The summed E-state index contributed by atoms with van der Waals surface area (Å²) in [4.78, 5) is 8.45. The number of aromatic nitrogens is 5. The summed E-state index contributed by atoms with van der Waals surface area (Å²) in [6.07, 6.45) is 1.41. The van der Waals surface area contributed by atoms with Gasteiger partial charge in [-0.05, 0) is 30.0 Å². The molecule has 0 spiro atoms. The van der Waals surface area contributed by atoms with Gasteiger partial charge in [-0.3, -0.25) is 5.10 Å². The molecule has 0 aliphatic rings. The molecule has 1 aromatic carbocycles. The highest BCUT2D eigenvalue weighted by molar-refractivity contribution is 6.31. The Labute approximate surface area is 144 Å². The highest BCUT2D eigenvalue weighted by Crippen LogP contribution is 2.23. The van der Waals surface area contributed by atoms with E-state index in [0.717, 1.165) is 16.1 Å². The van der Waals surface area contributed by atoms with Crippen LogP contribution >= 0.6 is 11.6 Å². The van der Waals surface area contributed by atoms with E-state index in [2.05, 4.69) is 50.6 Å². The highest BCUT2D eigenvalue weighted by Gasteiger charge is 2.23. The fraction of sp³-hybridized carbons (Fsp3) is 0.375. The smallest absolute Gasteiger partial charge is 0.244 e. The fourth-order valence-corrected chi connectivity index (χ4v) is 2.54. The first-order valence-corrected chi connectivity index (χ1v) is 8.10. The largest absolute Gasteiger partial charge is 0.337 e. The molecular formula is C16H19ClN6O. The second kappa shape index (κ2) is 7.11. The van der Waals surface area contributed by atoms with Gasteiger partial charge in [-0.1, -0.05) is 42.7 Å². The second-order valence-electron chi connectivity index (χ2n) is 5.98. The summed E-state index contributed by atoms with van der Waals surface area (Å²) >= 11 is 6.07. The van der Waals surface area contributed by atoms with E-state index >= 15 is 0 Å². The molecule has 3 aromatic rings. The zero-order chi connectivity index (χ0) is 17.1. The molecular weight excluding hydrogens is 328 g/mol. The molecule has 0 bridgehead atoms. The molecule has 0 aliphatic heterocycles. The van der Waals surface area contributed by atoms with Crippen LogP contribution in [0.2, 0.25) is 5.02 Å². The quantitative estimate of drug-likeness (QED) is 0.711. The lowest BCUT2D eigenvalue weighted by atomic mass is 10.0. The maximum Gasteiger partial charge on any atom is 0.244 e. The van der Waals surface area contributed by atoms with E-state index in [-0.39, 0.29) is 12.0 Å². The first-order valence-electron chi connectivity index (χ1n) is 7.72. The van der Waals surface area contributed by atoms with Crippen LogP contribution in [0.4, 0.5) is 0 Å². The molecule has 2 heterocycles. The molecule has 0 amide bonds. The lowest BCUT2D eigenvalue weighted by Gasteiger charge is -2.18. The van der Waals surface area contributed by atoms with Crippen molar-refractivity contribution in [2.24, 2.45) is 5.92 Å². The summed E-state index contributed by atoms with van der Waals surface area (Å²) in [5.74, 6) is 1.70. The molecule has 0 unspecified atom stereocenters. The van der Waals surface area contributed by atoms with Gasteiger partial charge >= 0.3 is 0 Å². The standard InChI is InChI=1S/C16H19ClN6O/c1-9(2)13(18-7-11-4-5-12(17)10(3)6-11)16-21-15(23-24-16)14-19-8-20-22-14/h4-6,8-9,13,18H,7H2,1-3H3,(H,19,20,22)/t13-/m1/s1. The first-order chi connectivity index (χ1) is 11.5. The molecule has 1 atom stereocenters. The zero-order valence-electron chi connectivity index (χ0n) is 13.7. The number of aryl methyl sites for hydroxylation is 1. The van der Waals surface area contributed by atoms with Crippen molar-refractivity contribution in [2.75, 3.05) is 0 Å². The fourth-order valence-electron chi connectivity index (χ4n) is 2.42. The average Bonchev–Trinajstić information content (AvgIpc) is 3.21. The third-order valence-corrected chi connectivity index (χ3v) is 4.17. The van der Waals surface area contributed by atoms with Crippen LogP contribution < -0.4 is 5.32 Å². The minimum atomic E-state index is -0.0647. The molecule has 0 aliphatic carbocycles. The monoisotopic (exact) mass is 346 g/mol. The third kappa shape index (κ3) is 3.63. The first kappa shape index (κ1) is 16.6. The Bertz CT molecular complexity index is 799. The number of hydrogen-bond acceptors (Lipinski definition) is 6. The van der Waals surface area contributed by atoms with Gasteiger partial charge in [-0.25, -0.2) is 4.98 Å². The van der Waals surface area contributed by atoms with E-state index in [1.54, 1.807) is 0 Å². The van der Waals surface area contributed by atoms with Crippen LogP contribution in [0.5, 0.6) is 0 Å². The summed E-state index contributed by atoms with van der Waals surface area (Å²) in [7, 11) is 0. The van der Waals surface area contributed by atoms with Gasteiger partial charge in [0.15, 0.2) is 5.82 Å². The van der Waals surface area contributed by atoms with Crippen molar-refractivity contribution in [1.82, 2.24) is 30.6 Å². The Morgan fingerprint density at radius 3 is 2.83 bits per heavy atom. The Kier molecular flexibility index (Phi) is 4.92. The summed E-state index contributed by atoms with van der Waals surface area (Å²) in [6, 6.07) is 5.92. The van der Waals surface area contributed by atoms with Crippen molar-refractivity contribution >= 4 is 11.6 Å². The van der Waals surface area contributed by atoms with Crippen LogP contribution in [0.15, 0.2) is 29.0 Å². The van der Waals surface area contributed by atoms with Gasteiger partial charge in [-0.15, -0.1) is 0 Å². The topological polar surface area (TPSA) is 92.5 Å². The lowest BCUT2D eigenvalue weighted by Crippen LogP contribution is -2.25. The maximum atomic E-state index is 6.07. The number of nitrogens with one attached hydrogen (secondary N) is 2. The van der Waals surface area contributed by atoms with Gasteiger partial charge < -0.3 is 9.84 Å². The number of aromatic amines is 1. The van der Waals surface area contributed by atoms with Crippen molar-refractivity contribution in [3.8, 4) is 11.6 Å². The number of nitrogens with zero attached hydrogens (tertiary/aromatic N) is 4.